The third-order valence-electron chi connectivity index (χ3n) is 1.15. The van der Waals surface area contributed by atoms with Crippen molar-refractivity contribution in [2.75, 3.05) is 5.75 Å². The normalized spacial score (nSPS) is 9.86. The van der Waals surface area contributed by atoms with Crippen LogP contribution in [0.3, 0.4) is 0 Å². The minimum atomic E-state index is -0.343. The Hall–Kier alpha value is -0.950. The molecule has 0 aliphatic carbocycles. The quantitative estimate of drug-likeness (QED) is 0.771. The smallest absolute Gasteiger partial charge is 0.236 e. The van der Waals surface area contributed by atoms with Crippen molar-refractivity contribution < 1.29 is 9.59 Å². The van der Waals surface area contributed by atoms with Gasteiger partial charge in [-0.15, -0.1) is 10.2 Å². The average Bonchev–Trinajstić information content (AvgIpc) is 2.47. The highest BCUT2D eigenvalue weighted by Gasteiger charge is 2.07. The van der Waals surface area contributed by atoms with Gasteiger partial charge in [-0.3, -0.25) is 14.9 Å². The van der Waals surface area contributed by atoms with Gasteiger partial charge in [-0.25, -0.2) is 0 Å². The molecule has 1 rings (SSSR count). The summed E-state index contributed by atoms with van der Waals surface area (Å²) in [5.74, 6) is -0.465. The van der Waals surface area contributed by atoms with Crippen LogP contribution in [0.15, 0.2) is 4.34 Å². The van der Waals surface area contributed by atoms with E-state index in [0.717, 1.165) is 9.35 Å². The second-order valence-corrected chi connectivity index (χ2v) is 4.88. The van der Waals surface area contributed by atoms with E-state index in [0.29, 0.717) is 0 Å². The molecule has 0 spiro atoms. The second kappa shape index (κ2) is 5.06. The van der Waals surface area contributed by atoms with E-state index in [2.05, 4.69) is 15.5 Å². The summed E-state index contributed by atoms with van der Waals surface area (Å²) in [7, 11) is 0. The molecule has 0 aromatic carbocycles. The summed E-state index contributed by atoms with van der Waals surface area (Å²) < 4.78 is 0.737. The highest BCUT2D eigenvalue weighted by molar-refractivity contribution is 8.01. The molecule has 1 heterocycles. The molecule has 0 fully saturated rings. The lowest BCUT2D eigenvalue weighted by molar-refractivity contribution is -0.127. The van der Waals surface area contributed by atoms with Crippen molar-refractivity contribution in [3.63, 3.8) is 0 Å². The second-order valence-electron chi connectivity index (χ2n) is 2.48. The van der Waals surface area contributed by atoms with Gasteiger partial charge in [0.15, 0.2) is 4.34 Å². The maximum atomic E-state index is 11.0. The summed E-state index contributed by atoms with van der Waals surface area (Å²) in [5.41, 5.74) is 0. The number of carbonyl (C=O) groups is 2. The van der Waals surface area contributed by atoms with E-state index in [1.807, 2.05) is 6.92 Å². The van der Waals surface area contributed by atoms with Gasteiger partial charge < -0.3 is 0 Å². The Morgan fingerprint density at radius 2 is 2.21 bits per heavy atom. The van der Waals surface area contributed by atoms with Crippen molar-refractivity contribution in [1.82, 2.24) is 15.5 Å². The summed E-state index contributed by atoms with van der Waals surface area (Å²) in [5, 5.41) is 10.7. The van der Waals surface area contributed by atoms with Crippen LogP contribution < -0.4 is 5.32 Å². The Morgan fingerprint density at radius 1 is 1.50 bits per heavy atom. The zero-order valence-corrected chi connectivity index (χ0v) is 9.37. The summed E-state index contributed by atoms with van der Waals surface area (Å²) >= 11 is 2.70. The molecule has 76 valence electrons. The third-order valence-corrected chi connectivity index (χ3v) is 3.12. The Morgan fingerprint density at radius 3 is 2.71 bits per heavy atom. The Kier molecular flexibility index (Phi) is 4.02. The number of carbonyl (C=O) groups excluding carboxylic acids is 2. The van der Waals surface area contributed by atoms with Crippen molar-refractivity contribution in [2.24, 2.45) is 0 Å². The van der Waals surface area contributed by atoms with E-state index >= 15 is 0 Å². The van der Waals surface area contributed by atoms with E-state index < -0.39 is 0 Å². The minimum Gasteiger partial charge on any atom is -0.296 e. The first-order valence-corrected chi connectivity index (χ1v) is 5.61. The third kappa shape index (κ3) is 3.84. The van der Waals surface area contributed by atoms with Crippen LogP contribution in [0.5, 0.6) is 0 Å². The number of rotatable bonds is 3. The Bertz CT molecular complexity index is 350. The fourth-order valence-electron chi connectivity index (χ4n) is 0.696. The van der Waals surface area contributed by atoms with Gasteiger partial charge >= 0.3 is 0 Å². The van der Waals surface area contributed by atoms with Crippen LogP contribution in [0, 0.1) is 6.92 Å². The predicted octanol–water partition coefficient (Wildman–Crippen LogP) is 0.601. The lowest BCUT2D eigenvalue weighted by Gasteiger charge is -1.97. The SMILES string of the molecule is CC(=O)NC(=O)CSc1nnc(C)s1. The van der Waals surface area contributed by atoms with E-state index in [1.54, 1.807) is 0 Å². The van der Waals surface area contributed by atoms with Gasteiger partial charge in [0.25, 0.3) is 0 Å². The fourth-order valence-corrected chi connectivity index (χ4v) is 2.31. The molecule has 14 heavy (non-hydrogen) atoms. The number of nitrogens with one attached hydrogen (secondary N) is 1. The summed E-state index contributed by atoms with van der Waals surface area (Å²) in [6, 6.07) is 0. The molecule has 1 aromatic rings. The number of hydrogen-bond donors (Lipinski definition) is 1. The molecule has 0 aliphatic rings. The van der Waals surface area contributed by atoms with Crippen LogP contribution in [-0.2, 0) is 9.59 Å². The topological polar surface area (TPSA) is 72.0 Å². The number of hydrogen-bond acceptors (Lipinski definition) is 6. The molecule has 2 amide bonds. The van der Waals surface area contributed by atoms with Gasteiger partial charge in [0.2, 0.25) is 11.8 Å². The fraction of sp³-hybridized carbons (Fsp3) is 0.429. The monoisotopic (exact) mass is 231 g/mol. The van der Waals surface area contributed by atoms with Crippen LogP contribution in [-0.4, -0.2) is 27.8 Å². The van der Waals surface area contributed by atoms with Crippen LogP contribution in [0.2, 0.25) is 0 Å². The van der Waals surface area contributed by atoms with Gasteiger partial charge in [0.1, 0.15) is 5.01 Å². The van der Waals surface area contributed by atoms with Crippen molar-refractivity contribution in [3.8, 4) is 0 Å². The van der Waals surface area contributed by atoms with Crippen LogP contribution in [0.1, 0.15) is 11.9 Å². The Labute approximate surface area is 89.3 Å². The summed E-state index contributed by atoms with van der Waals surface area (Å²) in [6.07, 6.45) is 0. The first-order valence-electron chi connectivity index (χ1n) is 3.81. The zero-order chi connectivity index (χ0) is 10.6. The molecule has 0 aliphatic heterocycles. The maximum Gasteiger partial charge on any atom is 0.236 e. The molecule has 0 saturated heterocycles. The van der Waals surface area contributed by atoms with Crippen LogP contribution in [0.25, 0.3) is 0 Å². The van der Waals surface area contributed by atoms with Gasteiger partial charge in [-0.05, 0) is 6.92 Å². The molecule has 0 atom stereocenters. The van der Waals surface area contributed by atoms with Crippen molar-refractivity contribution in [1.29, 1.82) is 0 Å². The molecule has 1 aromatic heterocycles. The van der Waals surface area contributed by atoms with Gasteiger partial charge in [0.05, 0.1) is 5.75 Å². The number of imide groups is 1. The molecule has 1 N–H and O–H groups in total. The first kappa shape index (κ1) is 11.1. The van der Waals surface area contributed by atoms with E-state index in [-0.39, 0.29) is 17.6 Å². The minimum absolute atomic E-state index is 0.189. The molecule has 0 saturated carbocycles. The van der Waals surface area contributed by atoms with E-state index in [4.69, 9.17) is 0 Å². The molecule has 7 heteroatoms. The van der Waals surface area contributed by atoms with Crippen molar-refractivity contribution in [3.05, 3.63) is 5.01 Å². The lowest BCUT2D eigenvalue weighted by Crippen LogP contribution is -2.29. The molecule has 0 unspecified atom stereocenters. The number of amides is 2. The summed E-state index contributed by atoms with van der Waals surface area (Å²) in [4.78, 5) is 21.5. The average molecular weight is 231 g/mol. The predicted molar refractivity (Wildman–Crippen MR) is 54.2 cm³/mol. The summed E-state index contributed by atoms with van der Waals surface area (Å²) in [6.45, 7) is 3.15. The van der Waals surface area contributed by atoms with E-state index in [1.165, 1.54) is 30.0 Å². The zero-order valence-electron chi connectivity index (χ0n) is 7.73. The highest BCUT2D eigenvalue weighted by Crippen LogP contribution is 2.21. The number of aromatic nitrogens is 2. The highest BCUT2D eigenvalue weighted by atomic mass is 32.2. The maximum absolute atomic E-state index is 11.0. The van der Waals surface area contributed by atoms with Crippen LogP contribution in [0.4, 0.5) is 0 Å². The van der Waals surface area contributed by atoms with Gasteiger partial charge in [0, 0.05) is 6.92 Å². The molecular formula is C7H9N3O2S2. The van der Waals surface area contributed by atoms with Gasteiger partial charge in [-0.2, -0.15) is 0 Å². The number of thioether (sulfide) groups is 1. The van der Waals surface area contributed by atoms with Gasteiger partial charge in [-0.1, -0.05) is 23.1 Å². The van der Waals surface area contributed by atoms with Crippen LogP contribution >= 0.6 is 23.1 Å². The molecule has 0 bridgehead atoms. The number of nitrogens with zero attached hydrogens (tertiary/aromatic N) is 2. The first-order chi connectivity index (χ1) is 6.58. The molecular weight excluding hydrogens is 222 g/mol. The van der Waals surface area contributed by atoms with Crippen molar-refractivity contribution in [2.45, 2.75) is 18.2 Å². The van der Waals surface area contributed by atoms with E-state index in [9.17, 15) is 9.59 Å². The van der Waals surface area contributed by atoms with Crippen molar-refractivity contribution >= 4 is 34.9 Å². The Balaban J connectivity index is 2.34. The standard InChI is InChI=1S/C7H9N3O2S2/c1-4(11)8-6(12)3-13-7-10-9-5(2)14-7/h3H2,1-2H3,(H,8,11,12). The lowest BCUT2D eigenvalue weighted by atomic mass is 10.6. The largest absolute Gasteiger partial charge is 0.296 e. The molecule has 0 radical (unpaired) electrons. The molecule has 5 nitrogen and oxygen atoms in total. The number of aryl methyl sites for hydroxylation is 1.